The molecule has 4 nitrogen and oxygen atoms in total. The molecular formula is C17H27N3O. The number of anilines is 1. The van der Waals surface area contributed by atoms with E-state index in [0.29, 0.717) is 12.5 Å². The first-order chi connectivity index (χ1) is 10.1. The van der Waals surface area contributed by atoms with Crippen LogP contribution >= 0.6 is 0 Å². The van der Waals surface area contributed by atoms with E-state index in [1.807, 2.05) is 34.1 Å². The average Bonchev–Trinajstić information content (AvgIpc) is 2.48. The second-order valence-corrected chi connectivity index (χ2v) is 6.10. The number of urea groups is 1. The van der Waals surface area contributed by atoms with Crippen LogP contribution in [-0.4, -0.2) is 35.5 Å². The highest BCUT2D eigenvalue weighted by atomic mass is 16.2. The van der Waals surface area contributed by atoms with Crippen molar-refractivity contribution >= 4 is 11.7 Å². The highest BCUT2D eigenvalue weighted by Gasteiger charge is 2.25. The molecule has 0 aliphatic carbocycles. The third-order valence-electron chi connectivity index (χ3n) is 4.11. The van der Waals surface area contributed by atoms with Gasteiger partial charge in [-0.3, -0.25) is 0 Å². The molecule has 1 unspecified atom stereocenters. The van der Waals surface area contributed by atoms with Crippen molar-refractivity contribution in [1.82, 2.24) is 9.80 Å². The number of rotatable bonds is 4. The van der Waals surface area contributed by atoms with E-state index in [-0.39, 0.29) is 6.03 Å². The minimum absolute atomic E-state index is 0.159. The molecule has 0 bridgehead atoms. The number of benzene rings is 1. The highest BCUT2D eigenvalue weighted by molar-refractivity contribution is 5.74. The summed E-state index contributed by atoms with van der Waals surface area (Å²) in [5.74, 6) is 0.605. The maximum Gasteiger partial charge on any atom is 0.320 e. The number of nitrogens with zero attached hydrogens (tertiary/aromatic N) is 2. The zero-order valence-electron chi connectivity index (χ0n) is 13.2. The van der Waals surface area contributed by atoms with Crippen LogP contribution in [0, 0.1) is 5.92 Å². The summed E-state index contributed by atoms with van der Waals surface area (Å²) in [7, 11) is 0. The molecule has 1 fully saturated rings. The van der Waals surface area contributed by atoms with E-state index in [9.17, 15) is 4.79 Å². The van der Waals surface area contributed by atoms with Gasteiger partial charge >= 0.3 is 6.03 Å². The van der Waals surface area contributed by atoms with Crippen molar-refractivity contribution in [2.75, 3.05) is 25.4 Å². The third-order valence-corrected chi connectivity index (χ3v) is 4.11. The van der Waals surface area contributed by atoms with E-state index >= 15 is 0 Å². The van der Waals surface area contributed by atoms with Gasteiger partial charge in [-0.1, -0.05) is 32.0 Å². The maximum absolute atomic E-state index is 12.8. The van der Waals surface area contributed by atoms with Crippen LogP contribution in [0.25, 0.3) is 0 Å². The Hall–Kier alpha value is -1.71. The Labute approximate surface area is 127 Å². The van der Waals surface area contributed by atoms with Crippen molar-refractivity contribution in [1.29, 1.82) is 0 Å². The fourth-order valence-electron chi connectivity index (χ4n) is 2.96. The molecular weight excluding hydrogens is 262 g/mol. The van der Waals surface area contributed by atoms with Gasteiger partial charge in [-0.2, -0.15) is 0 Å². The van der Waals surface area contributed by atoms with Gasteiger partial charge in [0.05, 0.1) is 0 Å². The lowest BCUT2D eigenvalue weighted by atomic mass is 10.0. The summed E-state index contributed by atoms with van der Waals surface area (Å²) >= 11 is 0. The molecule has 2 N–H and O–H groups in total. The van der Waals surface area contributed by atoms with Crippen molar-refractivity contribution in [3.63, 3.8) is 0 Å². The third kappa shape index (κ3) is 4.13. The number of nitrogens with two attached hydrogens (primary N) is 1. The number of amides is 2. The Balaban J connectivity index is 2.07. The molecule has 1 aromatic rings. The Morgan fingerprint density at radius 2 is 2.19 bits per heavy atom. The number of hydrogen-bond acceptors (Lipinski definition) is 2. The normalized spacial score (nSPS) is 18.6. The minimum Gasteiger partial charge on any atom is -0.398 e. The van der Waals surface area contributed by atoms with Crippen LogP contribution in [0.5, 0.6) is 0 Å². The second kappa shape index (κ2) is 7.34. The highest BCUT2D eigenvalue weighted by Crippen LogP contribution is 2.19. The molecule has 1 atom stereocenters. The van der Waals surface area contributed by atoms with E-state index in [1.54, 1.807) is 0 Å². The quantitative estimate of drug-likeness (QED) is 0.864. The molecule has 1 saturated heterocycles. The zero-order chi connectivity index (χ0) is 15.2. The van der Waals surface area contributed by atoms with Gasteiger partial charge in [0, 0.05) is 31.9 Å². The van der Waals surface area contributed by atoms with E-state index in [2.05, 4.69) is 13.8 Å². The standard InChI is InChI=1S/C17H27N3O/c1-3-10-19(13-15-8-4-5-9-16(15)18)17(21)20-11-6-7-14(2)12-20/h4-5,8-9,14H,3,6-7,10-13,18H2,1-2H3. The van der Waals surface area contributed by atoms with Crippen molar-refractivity contribution in [2.24, 2.45) is 5.92 Å². The zero-order valence-corrected chi connectivity index (χ0v) is 13.2. The van der Waals surface area contributed by atoms with Crippen LogP contribution in [0.2, 0.25) is 0 Å². The number of nitrogen functional groups attached to an aromatic ring is 1. The average molecular weight is 289 g/mol. The van der Waals surface area contributed by atoms with E-state index in [0.717, 1.165) is 43.7 Å². The minimum atomic E-state index is 0.159. The molecule has 21 heavy (non-hydrogen) atoms. The molecule has 0 saturated carbocycles. The van der Waals surface area contributed by atoms with Gasteiger partial charge in [0.2, 0.25) is 0 Å². The molecule has 1 aromatic carbocycles. The van der Waals surface area contributed by atoms with Crippen LogP contribution in [0.1, 0.15) is 38.7 Å². The Morgan fingerprint density at radius 3 is 2.86 bits per heavy atom. The topological polar surface area (TPSA) is 49.6 Å². The van der Waals surface area contributed by atoms with Crippen LogP contribution in [-0.2, 0) is 6.54 Å². The van der Waals surface area contributed by atoms with E-state index in [4.69, 9.17) is 5.73 Å². The number of carbonyl (C=O) groups is 1. The van der Waals surface area contributed by atoms with Gasteiger partial charge in [0.25, 0.3) is 0 Å². The van der Waals surface area contributed by atoms with Crippen molar-refractivity contribution in [3.05, 3.63) is 29.8 Å². The molecule has 4 heteroatoms. The maximum atomic E-state index is 12.8. The molecule has 1 heterocycles. The molecule has 0 aromatic heterocycles. The fraction of sp³-hybridized carbons (Fsp3) is 0.588. The second-order valence-electron chi connectivity index (χ2n) is 6.10. The lowest BCUT2D eigenvalue weighted by Gasteiger charge is -2.35. The Kier molecular flexibility index (Phi) is 5.48. The van der Waals surface area contributed by atoms with E-state index < -0.39 is 0 Å². The lowest BCUT2D eigenvalue weighted by Crippen LogP contribution is -2.47. The van der Waals surface area contributed by atoms with Gasteiger partial charge in [-0.15, -0.1) is 0 Å². The number of para-hydroxylation sites is 1. The monoisotopic (exact) mass is 289 g/mol. The first-order valence-electron chi connectivity index (χ1n) is 7.99. The predicted molar refractivity (Wildman–Crippen MR) is 86.9 cm³/mol. The summed E-state index contributed by atoms with van der Waals surface area (Å²) in [6.07, 6.45) is 3.30. The first kappa shape index (κ1) is 15.7. The number of likely N-dealkylation sites (tertiary alicyclic amines) is 1. The van der Waals surface area contributed by atoms with Crippen molar-refractivity contribution in [2.45, 2.75) is 39.7 Å². The van der Waals surface area contributed by atoms with Crippen LogP contribution in [0.3, 0.4) is 0 Å². The number of hydrogen-bond donors (Lipinski definition) is 1. The van der Waals surface area contributed by atoms with Crippen molar-refractivity contribution in [3.8, 4) is 0 Å². The van der Waals surface area contributed by atoms with Gasteiger partial charge < -0.3 is 15.5 Å². The number of carbonyl (C=O) groups excluding carboxylic acids is 1. The molecule has 1 aliphatic heterocycles. The molecule has 116 valence electrons. The summed E-state index contributed by atoms with van der Waals surface area (Å²) in [4.78, 5) is 16.7. The SMILES string of the molecule is CCCN(Cc1ccccc1N)C(=O)N1CCCC(C)C1. The molecule has 2 amide bonds. The van der Waals surface area contributed by atoms with Crippen LogP contribution < -0.4 is 5.73 Å². The lowest BCUT2D eigenvalue weighted by molar-refractivity contribution is 0.129. The molecule has 1 aliphatic rings. The molecule has 0 spiro atoms. The van der Waals surface area contributed by atoms with Gasteiger partial charge in [0.1, 0.15) is 0 Å². The summed E-state index contributed by atoms with van der Waals surface area (Å²) in [5, 5.41) is 0. The first-order valence-corrected chi connectivity index (χ1v) is 7.99. The fourth-order valence-corrected chi connectivity index (χ4v) is 2.96. The van der Waals surface area contributed by atoms with E-state index in [1.165, 1.54) is 6.42 Å². The summed E-state index contributed by atoms with van der Waals surface area (Å²) in [6, 6.07) is 7.96. The van der Waals surface area contributed by atoms with Gasteiger partial charge in [-0.25, -0.2) is 4.79 Å². The largest absolute Gasteiger partial charge is 0.398 e. The summed E-state index contributed by atoms with van der Waals surface area (Å²) in [6.45, 7) is 7.46. The van der Waals surface area contributed by atoms with Gasteiger partial charge in [0.15, 0.2) is 0 Å². The Morgan fingerprint density at radius 1 is 1.43 bits per heavy atom. The predicted octanol–water partition coefficient (Wildman–Crippen LogP) is 3.33. The van der Waals surface area contributed by atoms with Crippen LogP contribution in [0.15, 0.2) is 24.3 Å². The summed E-state index contributed by atoms with van der Waals surface area (Å²) < 4.78 is 0. The smallest absolute Gasteiger partial charge is 0.320 e. The number of piperidine rings is 1. The molecule has 0 radical (unpaired) electrons. The van der Waals surface area contributed by atoms with Gasteiger partial charge in [-0.05, 0) is 36.8 Å². The summed E-state index contributed by atoms with van der Waals surface area (Å²) in [5.41, 5.74) is 7.81. The molecule has 2 rings (SSSR count). The Bertz CT molecular complexity index is 475. The van der Waals surface area contributed by atoms with Crippen LogP contribution in [0.4, 0.5) is 10.5 Å². The van der Waals surface area contributed by atoms with Crippen molar-refractivity contribution < 1.29 is 4.79 Å².